The molecular formula is C16H19NO. The van der Waals surface area contributed by atoms with E-state index < -0.39 is 0 Å². The average molecular weight is 241 g/mol. The Bertz CT molecular complexity index is 547. The van der Waals surface area contributed by atoms with Crippen LogP contribution in [0.3, 0.4) is 0 Å². The number of hydrogen-bond donors (Lipinski definition) is 1. The molecule has 0 amide bonds. The molecule has 0 heterocycles. The summed E-state index contributed by atoms with van der Waals surface area (Å²) in [6.07, 6.45) is 0.161. The lowest BCUT2D eigenvalue weighted by atomic mass is 10.0. The van der Waals surface area contributed by atoms with Crippen molar-refractivity contribution in [2.75, 3.05) is 5.73 Å². The minimum absolute atomic E-state index is 0.161. The van der Waals surface area contributed by atoms with E-state index in [-0.39, 0.29) is 6.10 Å². The predicted octanol–water partition coefficient (Wildman–Crippen LogP) is 4.03. The van der Waals surface area contributed by atoms with Gasteiger partial charge < -0.3 is 10.5 Å². The molecule has 0 bridgehead atoms. The van der Waals surface area contributed by atoms with Crippen molar-refractivity contribution >= 4 is 5.69 Å². The first kappa shape index (κ1) is 12.5. The van der Waals surface area contributed by atoms with Gasteiger partial charge in [0.25, 0.3) is 0 Å². The van der Waals surface area contributed by atoms with Crippen LogP contribution in [0.25, 0.3) is 11.1 Å². The van der Waals surface area contributed by atoms with Crippen molar-refractivity contribution in [2.45, 2.75) is 26.9 Å². The van der Waals surface area contributed by atoms with Gasteiger partial charge in [-0.05, 0) is 44.0 Å². The third-order valence-electron chi connectivity index (χ3n) is 2.84. The van der Waals surface area contributed by atoms with Crippen LogP contribution in [0.15, 0.2) is 42.5 Å². The Morgan fingerprint density at radius 2 is 1.78 bits per heavy atom. The van der Waals surface area contributed by atoms with Crippen LogP contribution < -0.4 is 10.5 Å². The number of hydrogen-bond acceptors (Lipinski definition) is 2. The zero-order chi connectivity index (χ0) is 13.1. The molecule has 2 heteroatoms. The van der Waals surface area contributed by atoms with Crippen LogP contribution in [0.2, 0.25) is 0 Å². The molecular weight excluding hydrogens is 222 g/mol. The normalized spacial score (nSPS) is 10.7. The van der Waals surface area contributed by atoms with E-state index >= 15 is 0 Å². The molecule has 2 N–H and O–H groups in total. The van der Waals surface area contributed by atoms with Crippen LogP contribution in [0, 0.1) is 6.92 Å². The first-order valence-electron chi connectivity index (χ1n) is 6.20. The summed E-state index contributed by atoms with van der Waals surface area (Å²) < 4.78 is 5.83. The topological polar surface area (TPSA) is 35.2 Å². The fourth-order valence-electron chi connectivity index (χ4n) is 1.87. The number of anilines is 1. The first-order valence-corrected chi connectivity index (χ1v) is 6.20. The maximum Gasteiger partial charge on any atom is 0.127 e. The Labute approximate surface area is 108 Å². The summed E-state index contributed by atoms with van der Waals surface area (Å²) in [6.45, 7) is 6.07. The molecule has 18 heavy (non-hydrogen) atoms. The molecule has 0 atom stereocenters. The van der Waals surface area contributed by atoms with Gasteiger partial charge in [0.1, 0.15) is 5.75 Å². The average Bonchev–Trinajstić information content (AvgIpc) is 2.33. The zero-order valence-corrected chi connectivity index (χ0v) is 11.1. The molecule has 2 aromatic rings. The van der Waals surface area contributed by atoms with Gasteiger partial charge in [0.2, 0.25) is 0 Å². The standard InChI is InChI=1S/C16H19NO/c1-11(2)18-16-7-5-4-6-14(16)13-9-8-12(3)15(17)10-13/h4-11H,17H2,1-3H3. The molecule has 0 unspecified atom stereocenters. The quantitative estimate of drug-likeness (QED) is 0.823. The van der Waals surface area contributed by atoms with Crippen molar-refractivity contribution in [1.29, 1.82) is 0 Å². The fraction of sp³-hybridized carbons (Fsp3) is 0.250. The van der Waals surface area contributed by atoms with Gasteiger partial charge in [-0.3, -0.25) is 0 Å². The molecule has 0 fully saturated rings. The van der Waals surface area contributed by atoms with Crippen molar-refractivity contribution in [3.05, 3.63) is 48.0 Å². The fourth-order valence-corrected chi connectivity index (χ4v) is 1.87. The van der Waals surface area contributed by atoms with E-state index in [4.69, 9.17) is 10.5 Å². The van der Waals surface area contributed by atoms with Gasteiger partial charge in [-0.15, -0.1) is 0 Å². The molecule has 0 aliphatic carbocycles. The lowest BCUT2D eigenvalue weighted by molar-refractivity contribution is 0.243. The molecule has 0 aliphatic rings. The summed E-state index contributed by atoms with van der Waals surface area (Å²) in [5.41, 5.74) is 10.1. The van der Waals surface area contributed by atoms with Gasteiger partial charge in [0, 0.05) is 11.3 Å². The van der Waals surface area contributed by atoms with Crippen molar-refractivity contribution in [1.82, 2.24) is 0 Å². The highest BCUT2D eigenvalue weighted by Gasteiger charge is 2.08. The van der Waals surface area contributed by atoms with E-state index in [2.05, 4.69) is 12.1 Å². The van der Waals surface area contributed by atoms with Gasteiger partial charge in [0.05, 0.1) is 6.10 Å². The van der Waals surface area contributed by atoms with Gasteiger partial charge in [-0.1, -0.05) is 30.3 Å². The third-order valence-corrected chi connectivity index (χ3v) is 2.84. The Morgan fingerprint density at radius 3 is 2.44 bits per heavy atom. The van der Waals surface area contributed by atoms with Crippen molar-refractivity contribution in [3.8, 4) is 16.9 Å². The summed E-state index contributed by atoms with van der Waals surface area (Å²) >= 11 is 0. The monoisotopic (exact) mass is 241 g/mol. The Kier molecular flexibility index (Phi) is 3.56. The second-order valence-corrected chi connectivity index (χ2v) is 4.73. The maximum atomic E-state index is 5.97. The number of nitrogen functional groups attached to an aromatic ring is 1. The second kappa shape index (κ2) is 5.13. The second-order valence-electron chi connectivity index (χ2n) is 4.73. The number of para-hydroxylation sites is 1. The van der Waals surface area contributed by atoms with Crippen LogP contribution in [-0.4, -0.2) is 6.10 Å². The molecule has 0 aromatic heterocycles. The van der Waals surface area contributed by atoms with Crippen LogP contribution in [0.5, 0.6) is 5.75 Å². The van der Waals surface area contributed by atoms with E-state index in [0.29, 0.717) is 0 Å². The van der Waals surface area contributed by atoms with E-state index in [1.807, 2.05) is 51.1 Å². The largest absolute Gasteiger partial charge is 0.490 e. The number of nitrogens with two attached hydrogens (primary N) is 1. The first-order chi connectivity index (χ1) is 8.58. The molecule has 0 saturated heterocycles. The van der Waals surface area contributed by atoms with Gasteiger partial charge in [-0.25, -0.2) is 0 Å². The summed E-state index contributed by atoms with van der Waals surface area (Å²) in [5, 5.41) is 0. The molecule has 0 saturated carbocycles. The molecule has 0 radical (unpaired) electrons. The number of benzene rings is 2. The Balaban J connectivity index is 2.46. The summed E-state index contributed by atoms with van der Waals surface area (Å²) in [4.78, 5) is 0. The van der Waals surface area contributed by atoms with Gasteiger partial charge in [0.15, 0.2) is 0 Å². The zero-order valence-electron chi connectivity index (χ0n) is 11.1. The smallest absolute Gasteiger partial charge is 0.127 e. The Hall–Kier alpha value is -1.96. The number of ether oxygens (including phenoxy) is 1. The molecule has 94 valence electrons. The van der Waals surface area contributed by atoms with Crippen molar-refractivity contribution in [3.63, 3.8) is 0 Å². The highest BCUT2D eigenvalue weighted by Crippen LogP contribution is 2.32. The minimum Gasteiger partial charge on any atom is -0.490 e. The van der Waals surface area contributed by atoms with E-state index in [9.17, 15) is 0 Å². The van der Waals surface area contributed by atoms with E-state index in [0.717, 1.165) is 28.1 Å². The maximum absolute atomic E-state index is 5.97. The van der Waals surface area contributed by atoms with E-state index in [1.54, 1.807) is 0 Å². The summed E-state index contributed by atoms with van der Waals surface area (Å²) in [5.74, 6) is 0.899. The van der Waals surface area contributed by atoms with Crippen molar-refractivity contribution in [2.24, 2.45) is 0 Å². The number of aryl methyl sites for hydroxylation is 1. The molecule has 2 nitrogen and oxygen atoms in total. The van der Waals surface area contributed by atoms with Crippen LogP contribution in [0.1, 0.15) is 19.4 Å². The SMILES string of the molecule is Cc1ccc(-c2ccccc2OC(C)C)cc1N. The molecule has 0 aliphatic heterocycles. The highest BCUT2D eigenvalue weighted by atomic mass is 16.5. The molecule has 2 aromatic carbocycles. The molecule has 2 rings (SSSR count). The third kappa shape index (κ3) is 2.65. The Morgan fingerprint density at radius 1 is 1.06 bits per heavy atom. The van der Waals surface area contributed by atoms with Crippen LogP contribution >= 0.6 is 0 Å². The molecule has 0 spiro atoms. The lowest BCUT2D eigenvalue weighted by Gasteiger charge is -2.15. The minimum atomic E-state index is 0.161. The number of rotatable bonds is 3. The van der Waals surface area contributed by atoms with Gasteiger partial charge in [-0.2, -0.15) is 0 Å². The van der Waals surface area contributed by atoms with E-state index in [1.165, 1.54) is 0 Å². The van der Waals surface area contributed by atoms with Crippen molar-refractivity contribution < 1.29 is 4.74 Å². The highest BCUT2D eigenvalue weighted by molar-refractivity contribution is 5.73. The lowest BCUT2D eigenvalue weighted by Crippen LogP contribution is -2.06. The van der Waals surface area contributed by atoms with Crippen LogP contribution in [-0.2, 0) is 0 Å². The predicted molar refractivity (Wildman–Crippen MR) is 76.8 cm³/mol. The summed E-state index contributed by atoms with van der Waals surface area (Å²) in [6, 6.07) is 14.2. The summed E-state index contributed by atoms with van der Waals surface area (Å²) in [7, 11) is 0. The van der Waals surface area contributed by atoms with Crippen LogP contribution in [0.4, 0.5) is 5.69 Å². The van der Waals surface area contributed by atoms with Gasteiger partial charge >= 0.3 is 0 Å².